The van der Waals surface area contributed by atoms with Crippen LogP contribution in [0.2, 0.25) is 0 Å². The Morgan fingerprint density at radius 3 is 2.39 bits per heavy atom. The summed E-state index contributed by atoms with van der Waals surface area (Å²) in [6.07, 6.45) is 0. The number of anilines is 2. The maximum atomic E-state index is 12.2. The number of ether oxygens (including phenoxy) is 1. The molecule has 2 aromatic rings. The fourth-order valence-corrected chi connectivity index (χ4v) is 1.98. The van der Waals surface area contributed by atoms with Crippen molar-refractivity contribution >= 4 is 23.2 Å². The number of rotatable bonds is 5. The van der Waals surface area contributed by atoms with Gasteiger partial charge in [-0.2, -0.15) is 0 Å². The van der Waals surface area contributed by atoms with Crippen molar-refractivity contribution in [3.63, 3.8) is 0 Å². The first-order valence-electron chi connectivity index (χ1n) is 7.09. The maximum absolute atomic E-state index is 12.2. The molecule has 0 aliphatic heterocycles. The number of methoxy groups -OCH3 is 1. The third kappa shape index (κ3) is 4.31. The predicted octanol–water partition coefficient (Wildman–Crippen LogP) is 2.15. The Morgan fingerprint density at radius 2 is 1.78 bits per heavy atom. The van der Waals surface area contributed by atoms with E-state index in [2.05, 4.69) is 10.6 Å². The second kappa shape index (κ2) is 7.42. The van der Waals surface area contributed by atoms with Gasteiger partial charge < -0.3 is 21.1 Å². The number of nitrogens with one attached hydrogen (secondary N) is 2. The molecule has 0 saturated heterocycles. The number of aryl methyl sites for hydroxylation is 1. The van der Waals surface area contributed by atoms with Crippen LogP contribution in [0.4, 0.5) is 11.4 Å². The van der Waals surface area contributed by atoms with Crippen molar-refractivity contribution in [2.45, 2.75) is 6.92 Å². The van der Waals surface area contributed by atoms with Crippen molar-refractivity contribution in [2.75, 3.05) is 24.3 Å². The normalized spacial score (nSPS) is 10.0. The van der Waals surface area contributed by atoms with Crippen LogP contribution in [0.15, 0.2) is 42.5 Å². The number of hydrogen-bond acceptors (Lipinski definition) is 4. The molecule has 120 valence electrons. The van der Waals surface area contributed by atoms with Gasteiger partial charge in [0.05, 0.1) is 19.3 Å². The topological polar surface area (TPSA) is 93.4 Å². The molecule has 4 N–H and O–H groups in total. The smallest absolute Gasteiger partial charge is 0.255 e. The van der Waals surface area contributed by atoms with Crippen LogP contribution in [0.1, 0.15) is 15.9 Å². The molecule has 0 bridgehead atoms. The summed E-state index contributed by atoms with van der Waals surface area (Å²) in [6, 6.07) is 12.2. The third-order valence-corrected chi connectivity index (χ3v) is 3.23. The van der Waals surface area contributed by atoms with Gasteiger partial charge in [0.2, 0.25) is 5.91 Å². The molecule has 0 atom stereocenters. The van der Waals surface area contributed by atoms with Crippen LogP contribution < -0.4 is 21.1 Å². The van der Waals surface area contributed by atoms with Gasteiger partial charge >= 0.3 is 0 Å². The largest absolute Gasteiger partial charge is 0.494 e. The Kier molecular flexibility index (Phi) is 5.32. The number of amides is 2. The van der Waals surface area contributed by atoms with Crippen LogP contribution in [0.25, 0.3) is 0 Å². The fraction of sp³-hybridized carbons (Fsp3) is 0.176. The Labute approximate surface area is 134 Å². The van der Waals surface area contributed by atoms with E-state index in [1.54, 1.807) is 30.3 Å². The monoisotopic (exact) mass is 313 g/mol. The average Bonchev–Trinajstić information content (AvgIpc) is 2.56. The van der Waals surface area contributed by atoms with Gasteiger partial charge in [-0.1, -0.05) is 17.7 Å². The minimum Gasteiger partial charge on any atom is -0.494 e. The minimum atomic E-state index is -0.302. The summed E-state index contributed by atoms with van der Waals surface area (Å²) in [4.78, 5) is 23.6. The second-order valence-electron chi connectivity index (χ2n) is 4.99. The molecule has 0 aromatic heterocycles. The number of hydrogen-bond donors (Lipinski definition) is 3. The van der Waals surface area contributed by atoms with Crippen molar-refractivity contribution in [3.05, 3.63) is 53.6 Å². The molecular formula is C17H19N3O3. The first-order valence-corrected chi connectivity index (χ1v) is 7.09. The van der Waals surface area contributed by atoms with Gasteiger partial charge in [-0.15, -0.1) is 0 Å². The highest BCUT2D eigenvalue weighted by atomic mass is 16.5. The van der Waals surface area contributed by atoms with Crippen LogP contribution >= 0.6 is 0 Å². The fourth-order valence-electron chi connectivity index (χ4n) is 1.98. The number of benzene rings is 2. The van der Waals surface area contributed by atoms with Gasteiger partial charge in [-0.3, -0.25) is 9.59 Å². The summed E-state index contributed by atoms with van der Waals surface area (Å²) < 4.78 is 5.26. The average molecular weight is 313 g/mol. The Balaban J connectivity index is 2.17. The van der Waals surface area contributed by atoms with E-state index in [9.17, 15) is 9.59 Å². The summed E-state index contributed by atoms with van der Waals surface area (Å²) in [7, 11) is 1.49. The van der Waals surface area contributed by atoms with E-state index in [0.29, 0.717) is 22.7 Å². The second-order valence-corrected chi connectivity index (χ2v) is 4.99. The van der Waals surface area contributed by atoms with Crippen LogP contribution in [-0.4, -0.2) is 25.5 Å². The van der Waals surface area contributed by atoms with Crippen molar-refractivity contribution < 1.29 is 14.3 Å². The molecule has 2 aromatic carbocycles. The van der Waals surface area contributed by atoms with Crippen molar-refractivity contribution in [1.29, 1.82) is 0 Å². The number of nitrogens with two attached hydrogens (primary N) is 1. The molecule has 0 fully saturated rings. The van der Waals surface area contributed by atoms with Crippen LogP contribution in [0, 0.1) is 6.92 Å². The van der Waals surface area contributed by atoms with Gasteiger partial charge in [-0.25, -0.2) is 0 Å². The summed E-state index contributed by atoms with van der Waals surface area (Å²) >= 11 is 0. The minimum absolute atomic E-state index is 0.103. The van der Waals surface area contributed by atoms with Gasteiger partial charge in [0, 0.05) is 17.3 Å². The van der Waals surface area contributed by atoms with Crippen LogP contribution in [0.3, 0.4) is 0 Å². The van der Waals surface area contributed by atoms with E-state index in [1.807, 2.05) is 19.1 Å². The van der Waals surface area contributed by atoms with Gasteiger partial charge in [0.15, 0.2) is 0 Å². The molecule has 0 unspecified atom stereocenters. The van der Waals surface area contributed by atoms with Crippen LogP contribution in [-0.2, 0) is 4.79 Å². The first kappa shape index (κ1) is 16.5. The maximum Gasteiger partial charge on any atom is 0.255 e. The van der Waals surface area contributed by atoms with E-state index >= 15 is 0 Å². The zero-order chi connectivity index (χ0) is 16.8. The lowest BCUT2D eigenvalue weighted by Gasteiger charge is -2.12. The Morgan fingerprint density at radius 1 is 1.09 bits per heavy atom. The molecule has 2 rings (SSSR count). The molecule has 0 heterocycles. The summed E-state index contributed by atoms with van der Waals surface area (Å²) in [6.45, 7) is 1.85. The van der Waals surface area contributed by atoms with E-state index in [0.717, 1.165) is 5.56 Å². The van der Waals surface area contributed by atoms with E-state index in [4.69, 9.17) is 10.5 Å². The predicted molar refractivity (Wildman–Crippen MR) is 89.8 cm³/mol. The van der Waals surface area contributed by atoms with E-state index in [-0.39, 0.29) is 18.4 Å². The van der Waals surface area contributed by atoms with Gasteiger partial charge in [-0.05, 0) is 31.2 Å². The summed E-state index contributed by atoms with van der Waals surface area (Å²) in [5.41, 5.74) is 7.96. The zero-order valence-corrected chi connectivity index (χ0v) is 13.1. The molecule has 0 radical (unpaired) electrons. The lowest BCUT2D eigenvalue weighted by Crippen LogP contribution is -2.21. The summed E-state index contributed by atoms with van der Waals surface area (Å²) in [5, 5.41) is 5.42. The molecule has 23 heavy (non-hydrogen) atoms. The standard InChI is InChI=1S/C17H19N3O3/c1-11-3-5-12(6-4-11)17(22)20-14-8-7-13(9-15(14)23-2)19-16(21)10-18/h3-9H,10,18H2,1-2H3,(H,19,21)(H,20,22). The van der Waals surface area contributed by atoms with Crippen LogP contribution in [0.5, 0.6) is 5.75 Å². The summed E-state index contributed by atoms with van der Waals surface area (Å²) in [5.74, 6) is -0.0918. The molecule has 0 saturated carbocycles. The molecule has 0 aliphatic rings. The molecule has 2 amide bonds. The van der Waals surface area contributed by atoms with Gasteiger partial charge in [0.1, 0.15) is 5.75 Å². The lowest BCUT2D eigenvalue weighted by atomic mass is 10.1. The van der Waals surface area contributed by atoms with Crippen molar-refractivity contribution in [2.24, 2.45) is 5.73 Å². The molecule has 0 aliphatic carbocycles. The zero-order valence-electron chi connectivity index (χ0n) is 13.1. The van der Waals surface area contributed by atoms with Gasteiger partial charge in [0.25, 0.3) is 5.91 Å². The third-order valence-electron chi connectivity index (χ3n) is 3.23. The van der Waals surface area contributed by atoms with Crippen molar-refractivity contribution in [1.82, 2.24) is 0 Å². The number of carbonyl (C=O) groups excluding carboxylic acids is 2. The highest BCUT2D eigenvalue weighted by molar-refractivity contribution is 6.05. The quantitative estimate of drug-likeness (QED) is 0.788. The Hall–Kier alpha value is -2.86. The SMILES string of the molecule is COc1cc(NC(=O)CN)ccc1NC(=O)c1ccc(C)cc1. The lowest BCUT2D eigenvalue weighted by molar-refractivity contribution is -0.114. The Bertz CT molecular complexity index is 712. The highest BCUT2D eigenvalue weighted by Crippen LogP contribution is 2.28. The molecular weight excluding hydrogens is 294 g/mol. The van der Waals surface area contributed by atoms with E-state index in [1.165, 1.54) is 7.11 Å². The van der Waals surface area contributed by atoms with E-state index < -0.39 is 0 Å². The van der Waals surface area contributed by atoms with Crippen molar-refractivity contribution in [3.8, 4) is 5.75 Å². The molecule has 6 heteroatoms. The molecule has 6 nitrogen and oxygen atoms in total. The highest BCUT2D eigenvalue weighted by Gasteiger charge is 2.11. The first-order chi connectivity index (χ1) is 11.0. The molecule has 0 spiro atoms. The number of carbonyl (C=O) groups is 2.